The second-order valence-corrected chi connectivity index (χ2v) is 4.86. The lowest BCUT2D eigenvalue weighted by Crippen LogP contribution is -2.10. The zero-order valence-electron chi connectivity index (χ0n) is 12.1. The maximum Gasteiger partial charge on any atom is 0.0652 e. The molecule has 1 heterocycles. The predicted molar refractivity (Wildman–Crippen MR) is 79.5 cm³/mol. The molecular formula is C16H23N3. The van der Waals surface area contributed by atoms with Crippen molar-refractivity contribution in [3.05, 3.63) is 47.3 Å². The van der Waals surface area contributed by atoms with Crippen molar-refractivity contribution in [3.8, 4) is 5.69 Å². The molecule has 0 amide bonds. The molecule has 2 rings (SSSR count). The molecule has 0 radical (unpaired) electrons. The van der Waals surface area contributed by atoms with Gasteiger partial charge in [0, 0.05) is 11.7 Å². The lowest BCUT2D eigenvalue weighted by molar-refractivity contribution is 0.695. The fourth-order valence-electron chi connectivity index (χ4n) is 2.25. The first-order chi connectivity index (χ1) is 9.19. The fraction of sp³-hybridized carbons (Fsp3) is 0.438. The molecule has 3 heteroatoms. The number of rotatable bonds is 5. The van der Waals surface area contributed by atoms with Crippen molar-refractivity contribution in [1.29, 1.82) is 0 Å². The highest BCUT2D eigenvalue weighted by atomic mass is 15.3. The van der Waals surface area contributed by atoms with Gasteiger partial charge in [-0.05, 0) is 43.0 Å². The number of hydrogen-bond acceptors (Lipinski definition) is 2. The fourth-order valence-corrected chi connectivity index (χ4v) is 2.25. The molecule has 1 atom stereocenters. The van der Waals surface area contributed by atoms with Crippen LogP contribution in [0.15, 0.2) is 30.3 Å². The Morgan fingerprint density at radius 3 is 2.58 bits per heavy atom. The van der Waals surface area contributed by atoms with E-state index in [-0.39, 0.29) is 6.04 Å². The van der Waals surface area contributed by atoms with Gasteiger partial charge in [0.1, 0.15) is 0 Å². The first-order valence-corrected chi connectivity index (χ1v) is 7.13. The molecule has 0 aliphatic carbocycles. The minimum absolute atomic E-state index is 0.103. The Hall–Kier alpha value is -1.61. The smallest absolute Gasteiger partial charge is 0.0652 e. The molecule has 1 unspecified atom stereocenters. The van der Waals surface area contributed by atoms with Gasteiger partial charge >= 0.3 is 0 Å². The monoisotopic (exact) mass is 257 g/mol. The van der Waals surface area contributed by atoms with Crippen LogP contribution in [0, 0.1) is 0 Å². The van der Waals surface area contributed by atoms with E-state index in [4.69, 9.17) is 5.73 Å². The van der Waals surface area contributed by atoms with Crippen molar-refractivity contribution in [2.45, 2.75) is 46.1 Å². The van der Waals surface area contributed by atoms with E-state index in [0.717, 1.165) is 30.6 Å². The van der Waals surface area contributed by atoms with Crippen molar-refractivity contribution in [1.82, 2.24) is 9.78 Å². The van der Waals surface area contributed by atoms with E-state index in [0.29, 0.717) is 0 Å². The Labute approximate surface area is 115 Å². The average Bonchev–Trinajstić information content (AvgIpc) is 2.90. The SMILES string of the molecule is CCc1cc(CC)n(-c2cccc(C(N)CC)c2)n1. The van der Waals surface area contributed by atoms with Gasteiger partial charge < -0.3 is 5.73 Å². The summed E-state index contributed by atoms with van der Waals surface area (Å²) in [5, 5.41) is 4.67. The Morgan fingerprint density at radius 2 is 1.95 bits per heavy atom. The zero-order chi connectivity index (χ0) is 13.8. The van der Waals surface area contributed by atoms with Crippen LogP contribution >= 0.6 is 0 Å². The lowest BCUT2D eigenvalue weighted by atomic mass is 10.0. The molecule has 0 fully saturated rings. The molecule has 0 bridgehead atoms. The van der Waals surface area contributed by atoms with Gasteiger partial charge in [0.15, 0.2) is 0 Å². The van der Waals surface area contributed by atoms with Crippen LogP contribution in [-0.4, -0.2) is 9.78 Å². The van der Waals surface area contributed by atoms with Crippen molar-refractivity contribution in [3.63, 3.8) is 0 Å². The predicted octanol–water partition coefficient (Wildman–Crippen LogP) is 3.41. The average molecular weight is 257 g/mol. The highest BCUT2D eigenvalue weighted by Gasteiger charge is 2.09. The van der Waals surface area contributed by atoms with Crippen LogP contribution in [0.25, 0.3) is 5.69 Å². The van der Waals surface area contributed by atoms with Crippen LogP contribution in [0.2, 0.25) is 0 Å². The van der Waals surface area contributed by atoms with E-state index >= 15 is 0 Å². The van der Waals surface area contributed by atoms with Gasteiger partial charge in [0.2, 0.25) is 0 Å². The number of benzene rings is 1. The van der Waals surface area contributed by atoms with Gasteiger partial charge in [-0.2, -0.15) is 5.10 Å². The normalized spacial score (nSPS) is 12.6. The van der Waals surface area contributed by atoms with Gasteiger partial charge in [-0.15, -0.1) is 0 Å². The molecule has 0 aliphatic heterocycles. The Bertz CT molecular complexity index is 543. The lowest BCUT2D eigenvalue weighted by Gasteiger charge is -2.12. The van der Waals surface area contributed by atoms with E-state index in [2.05, 4.69) is 56.2 Å². The Morgan fingerprint density at radius 1 is 1.16 bits per heavy atom. The van der Waals surface area contributed by atoms with Crippen molar-refractivity contribution in [2.24, 2.45) is 5.73 Å². The third kappa shape index (κ3) is 2.87. The van der Waals surface area contributed by atoms with E-state index < -0.39 is 0 Å². The largest absolute Gasteiger partial charge is 0.324 e. The highest BCUT2D eigenvalue weighted by molar-refractivity contribution is 5.38. The number of aromatic nitrogens is 2. The summed E-state index contributed by atoms with van der Waals surface area (Å²) in [6.45, 7) is 6.40. The number of nitrogens with two attached hydrogens (primary N) is 1. The number of nitrogens with zero attached hydrogens (tertiary/aromatic N) is 2. The van der Waals surface area contributed by atoms with Gasteiger partial charge in [0.25, 0.3) is 0 Å². The minimum atomic E-state index is 0.103. The minimum Gasteiger partial charge on any atom is -0.324 e. The third-order valence-electron chi connectivity index (χ3n) is 3.54. The van der Waals surface area contributed by atoms with Gasteiger partial charge in [-0.25, -0.2) is 4.68 Å². The summed E-state index contributed by atoms with van der Waals surface area (Å²) in [7, 11) is 0. The topological polar surface area (TPSA) is 43.8 Å². The van der Waals surface area contributed by atoms with Crippen LogP contribution in [0.4, 0.5) is 0 Å². The Kier molecular flexibility index (Phi) is 4.38. The maximum atomic E-state index is 6.11. The first kappa shape index (κ1) is 13.8. The molecule has 0 spiro atoms. The molecule has 2 N–H and O–H groups in total. The van der Waals surface area contributed by atoms with E-state index in [1.54, 1.807) is 0 Å². The molecular weight excluding hydrogens is 234 g/mol. The van der Waals surface area contributed by atoms with E-state index in [1.165, 1.54) is 11.3 Å². The van der Waals surface area contributed by atoms with Crippen molar-refractivity contribution in [2.75, 3.05) is 0 Å². The van der Waals surface area contributed by atoms with Crippen LogP contribution in [0.5, 0.6) is 0 Å². The molecule has 3 nitrogen and oxygen atoms in total. The Balaban J connectivity index is 2.43. The van der Waals surface area contributed by atoms with Crippen LogP contribution < -0.4 is 5.73 Å². The summed E-state index contributed by atoms with van der Waals surface area (Å²) in [4.78, 5) is 0. The number of hydrogen-bond donors (Lipinski definition) is 1. The molecule has 19 heavy (non-hydrogen) atoms. The molecule has 1 aromatic carbocycles. The summed E-state index contributed by atoms with van der Waals surface area (Å²) in [5.74, 6) is 0. The van der Waals surface area contributed by atoms with Crippen molar-refractivity contribution >= 4 is 0 Å². The third-order valence-corrected chi connectivity index (χ3v) is 3.54. The molecule has 0 saturated carbocycles. The summed E-state index contributed by atoms with van der Waals surface area (Å²) < 4.78 is 2.05. The summed E-state index contributed by atoms with van der Waals surface area (Å²) in [6, 6.07) is 10.7. The maximum absolute atomic E-state index is 6.11. The quantitative estimate of drug-likeness (QED) is 0.892. The second kappa shape index (κ2) is 6.02. The zero-order valence-corrected chi connectivity index (χ0v) is 12.1. The highest BCUT2D eigenvalue weighted by Crippen LogP contribution is 2.19. The van der Waals surface area contributed by atoms with Crippen LogP contribution in [0.1, 0.15) is 50.2 Å². The summed E-state index contributed by atoms with van der Waals surface area (Å²) in [6.07, 6.45) is 2.90. The van der Waals surface area contributed by atoms with E-state index in [1.807, 2.05) is 4.68 Å². The van der Waals surface area contributed by atoms with Gasteiger partial charge in [-0.1, -0.05) is 32.9 Å². The molecule has 0 aliphatic rings. The molecule has 102 valence electrons. The second-order valence-electron chi connectivity index (χ2n) is 4.86. The first-order valence-electron chi connectivity index (χ1n) is 7.13. The standard InChI is InChI=1S/C16H23N3/c1-4-13-11-14(5-2)19(18-13)15-9-7-8-12(10-15)16(17)6-3/h7-11,16H,4-6,17H2,1-3H3. The summed E-state index contributed by atoms with van der Waals surface area (Å²) >= 11 is 0. The van der Waals surface area contributed by atoms with Gasteiger partial charge in [-0.3, -0.25) is 0 Å². The molecule has 0 saturated heterocycles. The molecule has 2 aromatic rings. The summed E-state index contributed by atoms with van der Waals surface area (Å²) in [5.41, 5.74) is 10.8. The van der Waals surface area contributed by atoms with Gasteiger partial charge in [0.05, 0.1) is 11.4 Å². The number of aryl methyl sites for hydroxylation is 2. The van der Waals surface area contributed by atoms with Crippen LogP contribution in [-0.2, 0) is 12.8 Å². The van der Waals surface area contributed by atoms with E-state index in [9.17, 15) is 0 Å². The van der Waals surface area contributed by atoms with Crippen LogP contribution in [0.3, 0.4) is 0 Å². The molecule has 1 aromatic heterocycles. The van der Waals surface area contributed by atoms with Crippen molar-refractivity contribution < 1.29 is 0 Å².